The molecule has 2 aliphatic heterocycles. The monoisotopic (exact) mass is 425 g/mol. The molecule has 0 N–H and O–H groups in total. The van der Waals surface area contributed by atoms with Crippen LogP contribution in [0.3, 0.4) is 0 Å². The molecule has 1 aliphatic carbocycles. The molecule has 0 bridgehead atoms. The molecule has 0 amide bonds. The lowest BCUT2D eigenvalue weighted by molar-refractivity contribution is 0.162. The number of hydrogen-bond donors (Lipinski definition) is 0. The van der Waals surface area contributed by atoms with Gasteiger partial charge in [-0.25, -0.2) is 0 Å². The fraction of sp³-hybridized carbons (Fsp3) is 0.786. The summed E-state index contributed by atoms with van der Waals surface area (Å²) in [6, 6.07) is 11.9. The van der Waals surface area contributed by atoms with Gasteiger partial charge in [0.15, 0.2) is 0 Å². The molecule has 2 saturated heterocycles. The summed E-state index contributed by atoms with van der Waals surface area (Å²) in [5.41, 5.74) is 3.01. The Kier molecular flexibility index (Phi) is 8.11. The van der Waals surface area contributed by atoms with Gasteiger partial charge in [0, 0.05) is 24.7 Å². The van der Waals surface area contributed by atoms with Crippen LogP contribution in [0.2, 0.25) is 0 Å². The molecule has 31 heavy (non-hydrogen) atoms. The minimum Gasteiger partial charge on any atom is -0.297 e. The van der Waals surface area contributed by atoms with Crippen molar-refractivity contribution in [2.45, 2.75) is 103 Å². The maximum Gasteiger partial charge on any atom is 0.0439 e. The van der Waals surface area contributed by atoms with Crippen molar-refractivity contribution in [3.8, 4) is 0 Å². The molecular weight excluding hydrogens is 378 g/mol. The van der Waals surface area contributed by atoms with Gasteiger partial charge in [-0.3, -0.25) is 14.7 Å². The Morgan fingerprint density at radius 1 is 0.839 bits per heavy atom. The number of nitrogens with zero attached hydrogens (tertiary/aromatic N) is 3. The molecule has 3 atom stereocenters. The largest absolute Gasteiger partial charge is 0.297 e. The molecule has 3 aliphatic rings. The Morgan fingerprint density at radius 2 is 1.35 bits per heavy atom. The van der Waals surface area contributed by atoms with Gasteiger partial charge in [-0.05, 0) is 94.7 Å². The fourth-order valence-corrected chi connectivity index (χ4v) is 6.48. The standard InChI is InChI=1S/C28H47N3/c1-5-24(20-22(2)3)25-14-12-23(13-15-25)21-29(4)26-27(30-16-8-6-9-17-30)28(26)31-18-10-7-11-19-31/h12-15,22,24,26-28H,5-11,16-21H2,1-4H3. The van der Waals surface area contributed by atoms with Crippen LogP contribution in [0.4, 0.5) is 0 Å². The summed E-state index contributed by atoms with van der Waals surface area (Å²) in [6.45, 7) is 13.4. The highest BCUT2D eigenvalue weighted by molar-refractivity contribution is 5.26. The maximum absolute atomic E-state index is 2.84. The summed E-state index contributed by atoms with van der Waals surface area (Å²) in [6.07, 6.45) is 11.0. The average Bonchev–Trinajstić information content (AvgIpc) is 3.55. The Hall–Kier alpha value is -0.900. The highest BCUT2D eigenvalue weighted by Crippen LogP contribution is 2.41. The van der Waals surface area contributed by atoms with Crippen molar-refractivity contribution in [2.75, 3.05) is 33.2 Å². The van der Waals surface area contributed by atoms with Gasteiger partial charge in [-0.15, -0.1) is 0 Å². The van der Waals surface area contributed by atoms with E-state index in [0.717, 1.165) is 24.5 Å². The van der Waals surface area contributed by atoms with Crippen LogP contribution in [0.25, 0.3) is 0 Å². The summed E-state index contributed by atoms with van der Waals surface area (Å²) in [5, 5.41) is 0. The third kappa shape index (κ3) is 5.72. The van der Waals surface area contributed by atoms with E-state index in [4.69, 9.17) is 0 Å². The third-order valence-corrected chi connectivity index (χ3v) is 8.17. The molecule has 0 spiro atoms. The number of hydrogen-bond acceptors (Lipinski definition) is 3. The lowest BCUT2D eigenvalue weighted by Gasteiger charge is -2.30. The van der Waals surface area contributed by atoms with Crippen LogP contribution in [0.15, 0.2) is 24.3 Å². The summed E-state index contributed by atoms with van der Waals surface area (Å²) in [7, 11) is 2.38. The zero-order chi connectivity index (χ0) is 21.8. The first kappa shape index (κ1) is 23.3. The Morgan fingerprint density at radius 3 is 1.81 bits per heavy atom. The first-order valence-corrected chi connectivity index (χ1v) is 13.4. The van der Waals surface area contributed by atoms with Gasteiger partial charge < -0.3 is 0 Å². The van der Waals surface area contributed by atoms with Crippen LogP contribution < -0.4 is 0 Å². The molecule has 174 valence electrons. The van der Waals surface area contributed by atoms with E-state index in [1.54, 1.807) is 0 Å². The van der Waals surface area contributed by atoms with E-state index in [9.17, 15) is 0 Å². The van der Waals surface area contributed by atoms with Crippen LogP contribution in [0.5, 0.6) is 0 Å². The van der Waals surface area contributed by atoms with Gasteiger partial charge in [0.1, 0.15) is 0 Å². The van der Waals surface area contributed by atoms with Crippen molar-refractivity contribution in [1.29, 1.82) is 0 Å². The summed E-state index contributed by atoms with van der Waals surface area (Å²) in [4.78, 5) is 8.36. The van der Waals surface area contributed by atoms with E-state index < -0.39 is 0 Å². The number of likely N-dealkylation sites (N-methyl/N-ethyl adjacent to an activating group) is 1. The fourth-order valence-electron chi connectivity index (χ4n) is 6.48. The average molecular weight is 426 g/mol. The molecule has 1 aromatic carbocycles. The first-order valence-electron chi connectivity index (χ1n) is 13.4. The molecule has 4 rings (SSSR count). The predicted octanol–water partition coefficient (Wildman–Crippen LogP) is 5.75. The van der Waals surface area contributed by atoms with Crippen LogP contribution in [-0.4, -0.2) is 66.1 Å². The normalized spacial score (nSPS) is 28.9. The van der Waals surface area contributed by atoms with Crippen molar-refractivity contribution in [1.82, 2.24) is 14.7 Å². The molecule has 0 radical (unpaired) electrons. The number of piperidine rings is 2. The molecular formula is C28H47N3. The molecule has 3 unspecified atom stereocenters. The van der Waals surface area contributed by atoms with Crippen LogP contribution in [-0.2, 0) is 6.54 Å². The van der Waals surface area contributed by atoms with Crippen molar-refractivity contribution in [2.24, 2.45) is 5.92 Å². The Bertz CT molecular complexity index is 633. The Balaban J connectivity index is 1.40. The second-order valence-corrected chi connectivity index (χ2v) is 11.1. The molecule has 3 fully saturated rings. The lowest BCUT2D eigenvalue weighted by Crippen LogP contribution is -2.39. The van der Waals surface area contributed by atoms with Crippen LogP contribution in [0.1, 0.15) is 89.2 Å². The van der Waals surface area contributed by atoms with Gasteiger partial charge in [-0.1, -0.05) is 57.9 Å². The SMILES string of the molecule is CCC(CC(C)C)c1ccc(CN(C)C2C(N3CCCCC3)C2N2CCCCC2)cc1. The predicted molar refractivity (Wildman–Crippen MR) is 133 cm³/mol. The number of rotatable bonds is 9. The lowest BCUT2D eigenvalue weighted by atomic mass is 9.88. The van der Waals surface area contributed by atoms with Gasteiger partial charge in [-0.2, -0.15) is 0 Å². The van der Waals surface area contributed by atoms with Crippen LogP contribution >= 0.6 is 0 Å². The van der Waals surface area contributed by atoms with Gasteiger partial charge in [0.25, 0.3) is 0 Å². The number of likely N-dealkylation sites (tertiary alicyclic amines) is 2. The summed E-state index contributed by atoms with van der Waals surface area (Å²) >= 11 is 0. The van der Waals surface area contributed by atoms with Gasteiger partial charge in [0.2, 0.25) is 0 Å². The summed E-state index contributed by atoms with van der Waals surface area (Å²) < 4.78 is 0. The molecule has 2 heterocycles. The quantitative estimate of drug-likeness (QED) is 0.499. The Labute approximate surface area is 192 Å². The highest BCUT2D eigenvalue weighted by atomic mass is 15.4. The van der Waals surface area contributed by atoms with Crippen molar-refractivity contribution in [3.63, 3.8) is 0 Å². The minimum absolute atomic E-state index is 0.709. The second-order valence-electron chi connectivity index (χ2n) is 11.1. The maximum atomic E-state index is 2.84. The van der Waals surface area contributed by atoms with E-state index in [-0.39, 0.29) is 0 Å². The van der Waals surface area contributed by atoms with E-state index in [1.807, 2.05) is 0 Å². The topological polar surface area (TPSA) is 9.72 Å². The van der Waals surface area contributed by atoms with E-state index in [2.05, 4.69) is 66.8 Å². The molecule has 3 nitrogen and oxygen atoms in total. The summed E-state index contributed by atoms with van der Waals surface area (Å²) in [5.74, 6) is 1.48. The minimum atomic E-state index is 0.709. The van der Waals surface area contributed by atoms with Gasteiger partial charge in [0.05, 0.1) is 0 Å². The van der Waals surface area contributed by atoms with E-state index in [1.165, 1.54) is 88.7 Å². The van der Waals surface area contributed by atoms with E-state index in [0.29, 0.717) is 12.0 Å². The number of benzene rings is 1. The van der Waals surface area contributed by atoms with Crippen molar-refractivity contribution < 1.29 is 0 Å². The third-order valence-electron chi connectivity index (χ3n) is 8.17. The van der Waals surface area contributed by atoms with E-state index >= 15 is 0 Å². The zero-order valence-corrected chi connectivity index (χ0v) is 20.7. The van der Waals surface area contributed by atoms with Crippen LogP contribution in [0, 0.1) is 5.92 Å². The zero-order valence-electron chi connectivity index (χ0n) is 20.7. The smallest absolute Gasteiger partial charge is 0.0439 e. The molecule has 3 heteroatoms. The first-order chi connectivity index (χ1) is 15.1. The second kappa shape index (κ2) is 10.8. The molecule has 1 saturated carbocycles. The van der Waals surface area contributed by atoms with Crippen molar-refractivity contribution >= 4 is 0 Å². The highest BCUT2D eigenvalue weighted by Gasteiger charge is 2.58. The van der Waals surface area contributed by atoms with Gasteiger partial charge >= 0.3 is 0 Å². The molecule has 0 aromatic heterocycles. The molecule has 1 aromatic rings. The van der Waals surface area contributed by atoms with Crippen molar-refractivity contribution in [3.05, 3.63) is 35.4 Å².